The molecule has 2 aromatic heterocycles. The molecule has 0 spiro atoms. The number of nitrogens with two attached hydrogens (primary N) is 1. The fraction of sp³-hybridized carbons (Fsp3) is 0.100. The molecule has 2 rings (SSSR count). The number of anilines is 1. The third-order valence-electron chi connectivity index (χ3n) is 2.09. The minimum absolute atomic E-state index is 0.0939. The summed E-state index contributed by atoms with van der Waals surface area (Å²) in [7, 11) is 0. The Morgan fingerprint density at radius 1 is 1.68 bits per heavy atom. The second-order valence-corrected chi connectivity index (χ2v) is 4.33. The van der Waals surface area contributed by atoms with Crippen LogP contribution in [0, 0.1) is 18.3 Å². The molecule has 0 radical (unpaired) electrons. The molecule has 4 N–H and O–H groups in total. The Bertz CT molecular complexity index is 678. The topological polar surface area (TPSA) is 133 Å². The van der Waals surface area contributed by atoms with E-state index in [1.807, 2.05) is 18.4 Å². The maximum atomic E-state index is 11.1. The average molecular weight is 275 g/mol. The predicted molar refractivity (Wildman–Crippen MR) is 69.7 cm³/mol. The molecule has 0 fully saturated rings. The number of amides is 1. The first-order chi connectivity index (χ1) is 9.11. The lowest BCUT2D eigenvalue weighted by molar-refractivity contribution is 0.0997. The van der Waals surface area contributed by atoms with Crippen LogP contribution < -0.4 is 11.2 Å². The molecule has 0 unspecified atom stereocenters. The number of thiazole rings is 1. The van der Waals surface area contributed by atoms with E-state index in [0.717, 1.165) is 5.69 Å². The second kappa shape index (κ2) is 5.28. The Hall–Kier alpha value is -2.73. The van der Waals surface area contributed by atoms with Crippen LogP contribution in [0.2, 0.25) is 0 Å². The van der Waals surface area contributed by atoms with Crippen LogP contribution in [0.3, 0.4) is 0 Å². The van der Waals surface area contributed by atoms with E-state index in [-0.39, 0.29) is 17.2 Å². The van der Waals surface area contributed by atoms with E-state index in [9.17, 15) is 4.79 Å². The van der Waals surface area contributed by atoms with Gasteiger partial charge in [0.25, 0.3) is 5.91 Å². The first-order valence-electron chi connectivity index (χ1n) is 5.11. The molecular formula is C10H9N7OS. The summed E-state index contributed by atoms with van der Waals surface area (Å²) in [6.07, 6.45) is 1.30. The highest BCUT2D eigenvalue weighted by Gasteiger charge is 2.12. The van der Waals surface area contributed by atoms with Gasteiger partial charge < -0.3 is 10.7 Å². The molecular weight excluding hydrogens is 266 g/mol. The zero-order valence-electron chi connectivity index (χ0n) is 9.84. The van der Waals surface area contributed by atoms with Crippen molar-refractivity contribution in [3.05, 3.63) is 28.1 Å². The zero-order valence-corrected chi connectivity index (χ0v) is 10.7. The van der Waals surface area contributed by atoms with Gasteiger partial charge in [-0.2, -0.15) is 10.4 Å². The number of hydrazone groups is 1. The lowest BCUT2D eigenvalue weighted by Crippen LogP contribution is -2.13. The van der Waals surface area contributed by atoms with Crippen molar-refractivity contribution in [3.63, 3.8) is 0 Å². The Balaban J connectivity index is 2.23. The number of aromatic amines is 1. The molecule has 0 saturated carbocycles. The maximum absolute atomic E-state index is 11.1. The largest absolute Gasteiger partial charge is 0.364 e. The van der Waals surface area contributed by atoms with Gasteiger partial charge in [0, 0.05) is 11.1 Å². The molecule has 19 heavy (non-hydrogen) atoms. The van der Waals surface area contributed by atoms with Gasteiger partial charge in [-0.1, -0.05) is 0 Å². The molecule has 0 aromatic carbocycles. The molecule has 2 aromatic rings. The second-order valence-electron chi connectivity index (χ2n) is 3.47. The van der Waals surface area contributed by atoms with Gasteiger partial charge in [-0.15, -0.1) is 11.3 Å². The van der Waals surface area contributed by atoms with Crippen molar-refractivity contribution in [2.45, 2.75) is 6.92 Å². The number of imidazole rings is 1. The lowest BCUT2D eigenvalue weighted by Gasteiger charge is -1.98. The van der Waals surface area contributed by atoms with Crippen molar-refractivity contribution in [1.82, 2.24) is 15.0 Å². The molecule has 0 atom stereocenters. The fourth-order valence-corrected chi connectivity index (χ4v) is 1.99. The number of hydrogen-bond donors (Lipinski definition) is 3. The van der Waals surface area contributed by atoms with Crippen molar-refractivity contribution < 1.29 is 4.79 Å². The van der Waals surface area contributed by atoms with Crippen LogP contribution in [0.15, 0.2) is 16.8 Å². The van der Waals surface area contributed by atoms with Crippen molar-refractivity contribution in [2.24, 2.45) is 10.8 Å². The van der Waals surface area contributed by atoms with E-state index in [1.165, 1.54) is 17.7 Å². The minimum atomic E-state index is -0.668. The molecule has 0 bridgehead atoms. The minimum Gasteiger partial charge on any atom is -0.364 e. The third kappa shape index (κ3) is 2.75. The van der Waals surface area contributed by atoms with Gasteiger partial charge in [0.15, 0.2) is 16.5 Å². The molecule has 96 valence electrons. The normalized spacial score (nSPS) is 11.1. The van der Waals surface area contributed by atoms with Gasteiger partial charge >= 0.3 is 0 Å². The Morgan fingerprint density at radius 3 is 3.05 bits per heavy atom. The van der Waals surface area contributed by atoms with Crippen LogP contribution in [0.25, 0.3) is 0 Å². The number of nitrogens with zero attached hydrogens (tertiary/aromatic N) is 4. The van der Waals surface area contributed by atoms with Crippen LogP contribution in [0.5, 0.6) is 0 Å². The number of rotatable bonds is 4. The fourth-order valence-electron chi connectivity index (χ4n) is 1.26. The van der Waals surface area contributed by atoms with Gasteiger partial charge in [0.2, 0.25) is 0 Å². The number of aryl methyl sites for hydroxylation is 1. The summed E-state index contributed by atoms with van der Waals surface area (Å²) < 4.78 is 0. The summed E-state index contributed by atoms with van der Waals surface area (Å²) in [5.74, 6) is -0.507. The number of nitriles is 1. The van der Waals surface area contributed by atoms with E-state index < -0.39 is 5.91 Å². The molecule has 8 nitrogen and oxygen atoms in total. The van der Waals surface area contributed by atoms with E-state index in [4.69, 9.17) is 11.0 Å². The Labute approximate surface area is 112 Å². The standard InChI is InChI=1S/C10H9N7OS/c1-5-3-19-10(15-5)6(2-11)16-17-9-7(8(12)18)13-4-14-9/h3-4,17H,1H3,(H2,12,18)(H,13,14). The van der Waals surface area contributed by atoms with Gasteiger partial charge in [0.1, 0.15) is 11.8 Å². The van der Waals surface area contributed by atoms with Gasteiger partial charge in [-0.05, 0) is 6.92 Å². The number of hydrogen-bond acceptors (Lipinski definition) is 7. The molecule has 0 aliphatic heterocycles. The molecule has 9 heteroatoms. The quantitative estimate of drug-likeness (QED) is 0.555. The average Bonchev–Trinajstić information content (AvgIpc) is 2.99. The highest BCUT2D eigenvalue weighted by Crippen LogP contribution is 2.12. The number of carbonyl (C=O) groups excluding carboxylic acids is 1. The number of carbonyl (C=O) groups is 1. The Morgan fingerprint density at radius 2 is 2.47 bits per heavy atom. The van der Waals surface area contributed by atoms with Crippen molar-refractivity contribution in [3.8, 4) is 6.07 Å². The SMILES string of the molecule is Cc1csc(C(C#N)=NNc2nc[nH]c2C(N)=O)n1. The summed E-state index contributed by atoms with van der Waals surface area (Å²) in [4.78, 5) is 21.6. The van der Waals surface area contributed by atoms with Gasteiger partial charge in [0.05, 0.1) is 6.33 Å². The number of aromatic nitrogens is 3. The molecule has 2 heterocycles. The summed E-state index contributed by atoms with van der Waals surface area (Å²) >= 11 is 1.31. The van der Waals surface area contributed by atoms with E-state index in [1.54, 1.807) is 0 Å². The summed E-state index contributed by atoms with van der Waals surface area (Å²) in [6.45, 7) is 1.82. The first-order valence-corrected chi connectivity index (χ1v) is 5.99. The maximum Gasteiger partial charge on any atom is 0.269 e. The van der Waals surface area contributed by atoms with Crippen molar-refractivity contribution >= 4 is 28.8 Å². The number of nitrogens with one attached hydrogen (secondary N) is 2. The van der Waals surface area contributed by atoms with Crippen LogP contribution >= 0.6 is 11.3 Å². The van der Waals surface area contributed by atoms with E-state index in [2.05, 4.69) is 25.5 Å². The highest BCUT2D eigenvalue weighted by atomic mass is 32.1. The number of primary amides is 1. The number of H-pyrrole nitrogens is 1. The van der Waals surface area contributed by atoms with Crippen LogP contribution in [-0.2, 0) is 0 Å². The highest BCUT2D eigenvalue weighted by molar-refractivity contribution is 7.12. The van der Waals surface area contributed by atoms with Gasteiger partial charge in [-0.3, -0.25) is 10.2 Å². The summed E-state index contributed by atoms with van der Waals surface area (Å²) in [5.41, 5.74) is 8.67. The lowest BCUT2D eigenvalue weighted by atomic mass is 10.4. The Kier molecular flexibility index (Phi) is 3.53. The van der Waals surface area contributed by atoms with Crippen LogP contribution in [0.4, 0.5) is 5.82 Å². The third-order valence-corrected chi connectivity index (χ3v) is 3.05. The van der Waals surface area contributed by atoms with Crippen LogP contribution in [-0.4, -0.2) is 26.6 Å². The van der Waals surface area contributed by atoms with Crippen molar-refractivity contribution in [2.75, 3.05) is 5.43 Å². The summed E-state index contributed by atoms with van der Waals surface area (Å²) in [6, 6.07) is 1.92. The van der Waals surface area contributed by atoms with Crippen molar-refractivity contribution in [1.29, 1.82) is 5.26 Å². The van der Waals surface area contributed by atoms with Crippen LogP contribution in [0.1, 0.15) is 21.2 Å². The molecule has 1 amide bonds. The predicted octanol–water partition coefficient (Wildman–Crippen LogP) is 0.613. The smallest absolute Gasteiger partial charge is 0.269 e. The van der Waals surface area contributed by atoms with Gasteiger partial charge in [-0.25, -0.2) is 9.97 Å². The zero-order chi connectivity index (χ0) is 13.8. The molecule has 0 aliphatic rings. The summed E-state index contributed by atoms with van der Waals surface area (Å²) in [5, 5.41) is 15.2. The molecule has 0 saturated heterocycles. The first kappa shape index (κ1) is 12.7. The van der Waals surface area contributed by atoms with E-state index in [0.29, 0.717) is 5.01 Å². The van der Waals surface area contributed by atoms with E-state index >= 15 is 0 Å². The molecule has 0 aliphatic carbocycles. The monoisotopic (exact) mass is 275 g/mol.